The lowest BCUT2D eigenvalue weighted by Crippen LogP contribution is -2.52. The van der Waals surface area contributed by atoms with Crippen molar-refractivity contribution < 1.29 is 18.4 Å². The number of halogens is 2. The second-order valence-corrected chi connectivity index (χ2v) is 11.6. The van der Waals surface area contributed by atoms with E-state index in [1.165, 1.54) is 18.5 Å². The highest BCUT2D eigenvalue weighted by Crippen LogP contribution is 2.41. The zero-order valence-corrected chi connectivity index (χ0v) is 23.3. The van der Waals surface area contributed by atoms with Crippen LogP contribution in [0.5, 0.6) is 0 Å². The average molecular weight is 554 g/mol. The van der Waals surface area contributed by atoms with Gasteiger partial charge in [-0.05, 0) is 58.2 Å². The number of nitrogens with zero attached hydrogens (tertiary/aromatic N) is 6. The summed E-state index contributed by atoms with van der Waals surface area (Å²) in [5, 5.41) is 3.34. The van der Waals surface area contributed by atoms with Crippen LogP contribution in [0, 0.1) is 11.7 Å². The summed E-state index contributed by atoms with van der Waals surface area (Å²) in [7, 11) is 0. The molecule has 5 atom stereocenters. The molecule has 0 spiro atoms. The number of fused-ring (bicyclic) bond motifs is 3. The van der Waals surface area contributed by atoms with E-state index in [1.54, 1.807) is 17.2 Å². The van der Waals surface area contributed by atoms with Gasteiger partial charge in [0.05, 0.1) is 23.5 Å². The van der Waals surface area contributed by atoms with Crippen molar-refractivity contribution in [2.75, 3.05) is 42.5 Å². The minimum Gasteiger partial charge on any atom is -0.348 e. The molecule has 4 aliphatic rings. The van der Waals surface area contributed by atoms with E-state index in [-0.39, 0.29) is 35.9 Å². The van der Waals surface area contributed by atoms with E-state index in [2.05, 4.69) is 20.2 Å². The summed E-state index contributed by atoms with van der Waals surface area (Å²) in [5.74, 6) is -0.182. The summed E-state index contributed by atoms with van der Waals surface area (Å²) >= 11 is 0. The molecule has 4 heterocycles. The first kappa shape index (κ1) is 26.9. The normalized spacial score (nSPS) is 27.4. The third kappa shape index (κ3) is 4.57. The highest BCUT2D eigenvalue weighted by Gasteiger charge is 2.51. The monoisotopic (exact) mass is 553 g/mol. The van der Waals surface area contributed by atoms with Gasteiger partial charge >= 0.3 is 0 Å². The molecule has 1 aromatic heterocycles. The molecule has 40 heavy (non-hydrogen) atoms. The molecule has 1 aliphatic carbocycles. The summed E-state index contributed by atoms with van der Waals surface area (Å²) in [5.41, 5.74) is 1.66. The number of nitrogens with one attached hydrogen (secondary N) is 1. The lowest BCUT2D eigenvalue weighted by molar-refractivity contribution is -0.134. The number of hydrogen-bond donors (Lipinski definition) is 1. The van der Waals surface area contributed by atoms with Crippen LogP contribution < -0.4 is 15.1 Å². The highest BCUT2D eigenvalue weighted by molar-refractivity contribution is 6.01. The Labute approximate surface area is 233 Å². The molecule has 214 valence electrons. The van der Waals surface area contributed by atoms with Gasteiger partial charge in [-0.15, -0.1) is 0 Å². The summed E-state index contributed by atoms with van der Waals surface area (Å²) in [6.45, 7) is 8.65. The lowest BCUT2D eigenvalue weighted by Gasteiger charge is -2.41. The molecule has 11 heteroatoms. The van der Waals surface area contributed by atoms with Gasteiger partial charge in [0.2, 0.25) is 5.91 Å². The molecule has 9 nitrogen and oxygen atoms in total. The largest absolute Gasteiger partial charge is 0.348 e. The molecule has 2 saturated heterocycles. The van der Waals surface area contributed by atoms with Crippen molar-refractivity contribution >= 4 is 29.0 Å². The van der Waals surface area contributed by atoms with Crippen LogP contribution in [0.25, 0.3) is 0 Å². The number of anilines is 3. The van der Waals surface area contributed by atoms with Gasteiger partial charge in [-0.2, -0.15) is 0 Å². The van der Waals surface area contributed by atoms with Gasteiger partial charge in [-0.25, -0.2) is 18.7 Å². The molecule has 6 rings (SSSR count). The van der Waals surface area contributed by atoms with Gasteiger partial charge in [0.15, 0.2) is 5.82 Å². The number of aromatic nitrogens is 2. The van der Waals surface area contributed by atoms with Crippen LogP contribution >= 0.6 is 0 Å². The smallest absolute Gasteiger partial charge is 0.256 e. The minimum atomic E-state index is -0.900. The molecular weight excluding hydrogens is 516 g/mol. The molecule has 2 bridgehead atoms. The number of amides is 2. The van der Waals surface area contributed by atoms with Crippen LogP contribution in [-0.2, 0) is 4.79 Å². The van der Waals surface area contributed by atoms with Crippen molar-refractivity contribution in [2.45, 2.75) is 70.4 Å². The highest BCUT2D eigenvalue weighted by atomic mass is 19.1. The number of benzene rings is 1. The Bertz CT molecular complexity index is 1290. The van der Waals surface area contributed by atoms with Gasteiger partial charge in [0.1, 0.15) is 24.0 Å². The van der Waals surface area contributed by atoms with Crippen molar-refractivity contribution in [1.82, 2.24) is 25.1 Å². The Morgan fingerprint density at radius 3 is 2.73 bits per heavy atom. The Morgan fingerprint density at radius 2 is 2.00 bits per heavy atom. The topological polar surface area (TPSA) is 84.9 Å². The van der Waals surface area contributed by atoms with E-state index >= 15 is 0 Å². The van der Waals surface area contributed by atoms with Crippen LogP contribution in [0.15, 0.2) is 30.7 Å². The van der Waals surface area contributed by atoms with Crippen LogP contribution in [0.4, 0.5) is 26.0 Å². The third-order valence-corrected chi connectivity index (χ3v) is 9.06. The number of alkyl halides is 1. The predicted octanol–water partition coefficient (Wildman–Crippen LogP) is 3.13. The number of piperidine rings is 1. The van der Waals surface area contributed by atoms with Gasteiger partial charge in [0.25, 0.3) is 5.91 Å². The van der Waals surface area contributed by atoms with E-state index in [1.807, 2.05) is 30.6 Å². The fourth-order valence-corrected chi connectivity index (χ4v) is 7.11. The molecule has 1 N–H and O–H groups in total. The van der Waals surface area contributed by atoms with Crippen molar-refractivity contribution in [3.63, 3.8) is 0 Å². The number of carbonyl (C=O) groups is 2. The van der Waals surface area contributed by atoms with Crippen LogP contribution in [0.1, 0.15) is 50.4 Å². The van der Waals surface area contributed by atoms with Crippen LogP contribution in [0.2, 0.25) is 0 Å². The maximum Gasteiger partial charge on any atom is 0.256 e. The number of rotatable bonds is 6. The standard InChI is InChI=1S/C29H37F2N7O2/c1-4-36(17(2)3)28(39)22-11-18(30)5-6-24(22)38-10-9-37(27-25(38)14-32-16-33-27)20-7-8-35(15-20)29(40)26-21-12-19(34-26)13-23(21)31/h5-6,11,14,16-17,19-21,23,26,34H,4,7-10,12-13,15H2,1-3H3/t19?,20?,21-,23-,26+/m1/s1. The fourth-order valence-electron chi connectivity index (χ4n) is 7.11. The van der Waals surface area contributed by atoms with Gasteiger partial charge < -0.3 is 24.9 Å². The van der Waals surface area contributed by atoms with E-state index in [4.69, 9.17) is 0 Å². The first-order valence-electron chi connectivity index (χ1n) is 14.4. The lowest BCUT2D eigenvalue weighted by atomic mass is 9.97. The maximum atomic E-state index is 14.4. The van der Waals surface area contributed by atoms with E-state index in [0.29, 0.717) is 50.4 Å². The Balaban J connectivity index is 1.24. The first-order chi connectivity index (χ1) is 19.3. The zero-order chi connectivity index (χ0) is 28.1. The summed E-state index contributed by atoms with van der Waals surface area (Å²) in [6, 6.07) is 4.05. The molecule has 1 aromatic carbocycles. The van der Waals surface area contributed by atoms with Crippen LogP contribution in [-0.4, -0.2) is 94.6 Å². The summed E-state index contributed by atoms with van der Waals surface area (Å²) in [6.07, 6.45) is 4.36. The second kappa shape index (κ2) is 10.6. The quantitative estimate of drug-likeness (QED) is 0.589. The number of hydrogen-bond acceptors (Lipinski definition) is 7. The van der Waals surface area contributed by atoms with Gasteiger partial charge in [-0.3, -0.25) is 9.59 Å². The maximum absolute atomic E-state index is 14.4. The third-order valence-electron chi connectivity index (χ3n) is 9.06. The van der Waals surface area contributed by atoms with E-state index < -0.39 is 18.0 Å². The van der Waals surface area contributed by atoms with Crippen molar-refractivity contribution in [1.29, 1.82) is 0 Å². The Morgan fingerprint density at radius 1 is 1.18 bits per heavy atom. The first-order valence-corrected chi connectivity index (χ1v) is 14.4. The molecule has 3 fully saturated rings. The van der Waals surface area contributed by atoms with Gasteiger partial charge in [0, 0.05) is 56.8 Å². The summed E-state index contributed by atoms with van der Waals surface area (Å²) < 4.78 is 28.8. The molecule has 2 aromatic rings. The molecule has 2 unspecified atom stereocenters. The average Bonchev–Trinajstić information content (AvgIpc) is 3.68. The minimum absolute atomic E-state index is 0.000931. The molecule has 2 amide bonds. The second-order valence-electron chi connectivity index (χ2n) is 11.6. The van der Waals surface area contributed by atoms with Crippen molar-refractivity contribution in [3.05, 3.63) is 42.1 Å². The Hall–Kier alpha value is -3.34. The molecule has 3 aliphatic heterocycles. The fraction of sp³-hybridized carbons (Fsp3) is 0.586. The SMILES string of the molecule is CCN(C(=O)c1cc(F)ccc1N1CCN(C2CCN(C(=O)[C@H]3NC4C[C@@H]3[C@H](F)C4)C2)c2ncncc21)C(C)C. The van der Waals surface area contributed by atoms with Crippen molar-refractivity contribution in [3.8, 4) is 0 Å². The van der Waals surface area contributed by atoms with E-state index in [0.717, 1.165) is 24.3 Å². The molecular formula is C29H37F2N7O2. The number of carbonyl (C=O) groups excluding carboxylic acids is 2. The van der Waals surface area contributed by atoms with Crippen molar-refractivity contribution in [2.24, 2.45) is 5.92 Å². The molecule has 0 radical (unpaired) electrons. The van der Waals surface area contributed by atoms with Crippen LogP contribution in [0.3, 0.4) is 0 Å². The predicted molar refractivity (Wildman–Crippen MR) is 148 cm³/mol. The zero-order valence-electron chi connectivity index (χ0n) is 23.3. The molecule has 1 saturated carbocycles. The van der Waals surface area contributed by atoms with Gasteiger partial charge in [-0.1, -0.05) is 0 Å². The number of likely N-dealkylation sites (tertiary alicyclic amines) is 1. The summed E-state index contributed by atoms with van der Waals surface area (Å²) in [4.78, 5) is 43.5. The Kier molecular flexibility index (Phi) is 7.10. The van der Waals surface area contributed by atoms with E-state index in [9.17, 15) is 18.4 Å².